The van der Waals surface area contributed by atoms with Crippen LogP contribution < -0.4 is 5.32 Å². The molecule has 0 unspecified atom stereocenters. The van der Waals surface area contributed by atoms with Gasteiger partial charge in [0.2, 0.25) is 0 Å². The minimum atomic E-state index is -0.293. The Morgan fingerprint density at radius 1 is 1.12 bits per heavy atom. The van der Waals surface area contributed by atoms with Crippen molar-refractivity contribution in [3.8, 4) is 0 Å². The first kappa shape index (κ1) is 12.9. The molecule has 0 fully saturated rings. The molecule has 3 nitrogen and oxygen atoms in total. The molecule has 0 radical (unpaired) electrons. The molecule has 0 spiro atoms. The van der Waals surface area contributed by atoms with Gasteiger partial charge in [-0.05, 0) is 62.2 Å². The molecule has 1 aromatic heterocycles. The fourth-order valence-electron chi connectivity index (χ4n) is 1.21. The number of rotatable bonds is 2. The molecular formula is C11H6Br3NO2. The van der Waals surface area contributed by atoms with Crippen molar-refractivity contribution in [3.63, 3.8) is 0 Å². The Hall–Kier alpha value is -0.590. The van der Waals surface area contributed by atoms with Crippen molar-refractivity contribution >= 4 is 59.4 Å². The highest BCUT2D eigenvalue weighted by molar-refractivity contribution is 9.11. The number of carbonyl (C=O) groups is 1. The van der Waals surface area contributed by atoms with Crippen LogP contribution in [-0.2, 0) is 0 Å². The Balaban J connectivity index is 2.18. The molecule has 6 heteroatoms. The van der Waals surface area contributed by atoms with Crippen LogP contribution in [-0.4, -0.2) is 5.91 Å². The second-order valence-corrected chi connectivity index (χ2v) is 5.73. The molecule has 1 heterocycles. The molecule has 17 heavy (non-hydrogen) atoms. The monoisotopic (exact) mass is 421 g/mol. The van der Waals surface area contributed by atoms with E-state index in [0.29, 0.717) is 10.4 Å². The molecule has 0 atom stereocenters. The molecule has 0 aliphatic rings. The summed E-state index contributed by atoms with van der Waals surface area (Å²) in [6.07, 6.45) is 0. The van der Waals surface area contributed by atoms with E-state index in [2.05, 4.69) is 53.1 Å². The third-order valence-corrected chi connectivity index (χ3v) is 3.55. The smallest absolute Gasteiger partial charge is 0.291 e. The highest BCUT2D eigenvalue weighted by Crippen LogP contribution is 2.26. The van der Waals surface area contributed by atoms with E-state index in [9.17, 15) is 4.79 Å². The summed E-state index contributed by atoms with van der Waals surface area (Å²) in [4.78, 5) is 11.8. The Morgan fingerprint density at radius 3 is 2.47 bits per heavy atom. The van der Waals surface area contributed by atoms with E-state index in [0.717, 1.165) is 8.95 Å². The van der Waals surface area contributed by atoms with Crippen LogP contribution in [0.1, 0.15) is 10.6 Å². The standard InChI is InChI=1S/C11H6Br3NO2/c12-6-1-2-8(7(13)5-6)15-11(16)9-3-4-10(14)17-9/h1-5H,(H,15,16). The molecule has 1 aromatic carbocycles. The molecule has 0 saturated heterocycles. The van der Waals surface area contributed by atoms with Gasteiger partial charge in [-0.15, -0.1) is 0 Å². The normalized spacial score (nSPS) is 10.3. The highest BCUT2D eigenvalue weighted by atomic mass is 79.9. The van der Waals surface area contributed by atoms with E-state index in [1.807, 2.05) is 12.1 Å². The van der Waals surface area contributed by atoms with Gasteiger partial charge in [0.15, 0.2) is 10.4 Å². The Kier molecular flexibility index (Phi) is 4.06. The van der Waals surface area contributed by atoms with Crippen molar-refractivity contribution in [1.29, 1.82) is 0 Å². The summed E-state index contributed by atoms with van der Waals surface area (Å²) in [5.41, 5.74) is 0.686. The maximum atomic E-state index is 11.8. The molecular weight excluding hydrogens is 418 g/mol. The number of anilines is 1. The van der Waals surface area contributed by atoms with Crippen molar-refractivity contribution in [2.45, 2.75) is 0 Å². The van der Waals surface area contributed by atoms with Crippen LogP contribution in [0.2, 0.25) is 0 Å². The van der Waals surface area contributed by atoms with E-state index < -0.39 is 0 Å². The quantitative estimate of drug-likeness (QED) is 0.752. The van der Waals surface area contributed by atoms with E-state index >= 15 is 0 Å². The minimum Gasteiger partial charge on any atom is -0.444 e. The fourth-order valence-corrected chi connectivity index (χ4v) is 2.66. The maximum absolute atomic E-state index is 11.8. The molecule has 0 bridgehead atoms. The van der Waals surface area contributed by atoms with Gasteiger partial charge in [-0.25, -0.2) is 0 Å². The van der Waals surface area contributed by atoms with Crippen LogP contribution in [0, 0.1) is 0 Å². The van der Waals surface area contributed by atoms with Gasteiger partial charge < -0.3 is 9.73 Å². The predicted octanol–water partition coefficient (Wildman–Crippen LogP) is 4.82. The average molecular weight is 424 g/mol. The van der Waals surface area contributed by atoms with Gasteiger partial charge in [-0.1, -0.05) is 15.9 Å². The number of hydrogen-bond donors (Lipinski definition) is 1. The van der Waals surface area contributed by atoms with Crippen LogP contribution >= 0.6 is 47.8 Å². The molecule has 88 valence electrons. The zero-order valence-electron chi connectivity index (χ0n) is 8.34. The van der Waals surface area contributed by atoms with Crippen LogP contribution in [0.5, 0.6) is 0 Å². The number of hydrogen-bond acceptors (Lipinski definition) is 2. The van der Waals surface area contributed by atoms with E-state index in [1.165, 1.54) is 0 Å². The van der Waals surface area contributed by atoms with Crippen LogP contribution in [0.25, 0.3) is 0 Å². The number of amides is 1. The molecule has 1 amide bonds. The lowest BCUT2D eigenvalue weighted by atomic mass is 10.3. The Labute approximate surface area is 123 Å². The number of benzene rings is 1. The number of halogens is 3. The molecule has 0 aliphatic carbocycles. The average Bonchev–Trinajstić information content (AvgIpc) is 2.69. The topological polar surface area (TPSA) is 42.2 Å². The minimum absolute atomic E-state index is 0.256. The predicted molar refractivity (Wildman–Crippen MR) is 76.2 cm³/mol. The molecule has 2 rings (SSSR count). The van der Waals surface area contributed by atoms with Gasteiger partial charge in [0.05, 0.1) is 5.69 Å². The SMILES string of the molecule is O=C(Nc1ccc(Br)cc1Br)c1ccc(Br)o1. The van der Waals surface area contributed by atoms with E-state index in [4.69, 9.17) is 4.42 Å². The van der Waals surface area contributed by atoms with Gasteiger partial charge in [-0.3, -0.25) is 4.79 Å². The summed E-state index contributed by atoms with van der Waals surface area (Å²) in [6, 6.07) is 8.77. The van der Waals surface area contributed by atoms with Crippen LogP contribution in [0.15, 0.2) is 48.4 Å². The summed E-state index contributed by atoms with van der Waals surface area (Å²) < 4.78 is 7.42. The second-order valence-electron chi connectivity index (χ2n) is 3.18. The lowest BCUT2D eigenvalue weighted by molar-refractivity contribution is 0.0995. The van der Waals surface area contributed by atoms with Crippen molar-refractivity contribution in [2.24, 2.45) is 0 Å². The first-order valence-electron chi connectivity index (χ1n) is 4.58. The summed E-state index contributed by atoms with van der Waals surface area (Å²) in [6.45, 7) is 0. The summed E-state index contributed by atoms with van der Waals surface area (Å²) in [5, 5.41) is 2.75. The van der Waals surface area contributed by atoms with E-state index in [1.54, 1.807) is 18.2 Å². The Bertz CT molecular complexity index is 566. The second kappa shape index (κ2) is 5.37. The third kappa shape index (κ3) is 3.20. The van der Waals surface area contributed by atoms with Crippen molar-refractivity contribution < 1.29 is 9.21 Å². The van der Waals surface area contributed by atoms with Gasteiger partial charge in [-0.2, -0.15) is 0 Å². The fraction of sp³-hybridized carbons (Fsp3) is 0. The Morgan fingerprint density at radius 2 is 1.88 bits per heavy atom. The van der Waals surface area contributed by atoms with Crippen LogP contribution in [0.4, 0.5) is 5.69 Å². The van der Waals surface area contributed by atoms with Crippen LogP contribution in [0.3, 0.4) is 0 Å². The third-order valence-electron chi connectivity index (χ3n) is 1.98. The molecule has 0 saturated carbocycles. The van der Waals surface area contributed by atoms with Crippen molar-refractivity contribution in [2.75, 3.05) is 5.32 Å². The number of furan rings is 1. The zero-order valence-corrected chi connectivity index (χ0v) is 13.1. The summed E-state index contributed by atoms with van der Waals surface area (Å²) in [7, 11) is 0. The highest BCUT2D eigenvalue weighted by Gasteiger charge is 2.12. The summed E-state index contributed by atoms with van der Waals surface area (Å²) >= 11 is 9.86. The van der Waals surface area contributed by atoms with Crippen molar-refractivity contribution in [1.82, 2.24) is 0 Å². The molecule has 1 N–H and O–H groups in total. The maximum Gasteiger partial charge on any atom is 0.291 e. The van der Waals surface area contributed by atoms with E-state index in [-0.39, 0.29) is 11.7 Å². The summed E-state index contributed by atoms with van der Waals surface area (Å²) in [5.74, 6) is -0.0367. The van der Waals surface area contributed by atoms with Crippen molar-refractivity contribution in [3.05, 3.63) is 49.7 Å². The lowest BCUT2D eigenvalue weighted by Crippen LogP contribution is -2.11. The first-order valence-corrected chi connectivity index (χ1v) is 6.96. The molecule has 2 aromatic rings. The number of carbonyl (C=O) groups excluding carboxylic acids is 1. The lowest BCUT2D eigenvalue weighted by Gasteiger charge is -2.05. The van der Waals surface area contributed by atoms with Gasteiger partial charge >= 0.3 is 0 Å². The largest absolute Gasteiger partial charge is 0.444 e. The first-order chi connectivity index (χ1) is 8.06. The number of nitrogens with one attached hydrogen (secondary N) is 1. The molecule has 0 aliphatic heterocycles. The van der Waals surface area contributed by atoms with Gasteiger partial charge in [0.25, 0.3) is 5.91 Å². The van der Waals surface area contributed by atoms with Gasteiger partial charge in [0, 0.05) is 8.95 Å². The zero-order chi connectivity index (χ0) is 12.4. The van der Waals surface area contributed by atoms with Gasteiger partial charge in [0.1, 0.15) is 0 Å².